The van der Waals surface area contributed by atoms with Gasteiger partial charge in [0.2, 0.25) is 0 Å². The predicted molar refractivity (Wildman–Crippen MR) is 65.0 cm³/mol. The Labute approximate surface area is 100 Å². The van der Waals surface area contributed by atoms with Crippen LogP contribution in [0.5, 0.6) is 0 Å². The molecule has 2 aromatic heterocycles. The largest absolute Gasteiger partial charge is 0.396 e. The minimum atomic E-state index is 0.717. The summed E-state index contributed by atoms with van der Waals surface area (Å²) in [4.78, 5) is 1.15. The van der Waals surface area contributed by atoms with Gasteiger partial charge in [-0.15, -0.1) is 0 Å². The number of aromatic nitrogens is 3. The predicted octanol–water partition coefficient (Wildman–Crippen LogP) is 2.35. The van der Waals surface area contributed by atoms with Gasteiger partial charge >= 0.3 is 0 Å². The lowest BCUT2D eigenvalue weighted by Gasteiger charge is -2.02. The first kappa shape index (κ1) is 10.6. The summed E-state index contributed by atoms with van der Waals surface area (Å²) in [5.74, 6) is 0. The number of nitrogens with zero attached hydrogens (tertiary/aromatic N) is 3. The Morgan fingerprint density at radius 2 is 2.27 bits per heavy atom. The molecule has 2 heterocycles. The molecule has 0 spiro atoms. The van der Waals surface area contributed by atoms with E-state index in [0.29, 0.717) is 0 Å². The van der Waals surface area contributed by atoms with Crippen LogP contribution in [0.2, 0.25) is 0 Å². The molecule has 2 rings (SSSR count). The average molecular weight is 287 g/mol. The standard InChI is InChI=1S/C9H11BrN4S/c1-5-9(11)6(2)14(13-5)4-8-7(10)3-12-15-8/h3H,4,11H2,1-2H3. The fourth-order valence-electron chi connectivity index (χ4n) is 1.36. The molecular weight excluding hydrogens is 276 g/mol. The molecule has 0 fully saturated rings. The molecule has 2 aromatic rings. The fourth-order valence-corrected chi connectivity index (χ4v) is 2.54. The second-order valence-electron chi connectivity index (χ2n) is 3.34. The van der Waals surface area contributed by atoms with Gasteiger partial charge in [0.1, 0.15) is 0 Å². The van der Waals surface area contributed by atoms with E-state index in [1.54, 1.807) is 6.20 Å². The molecule has 0 saturated carbocycles. The Morgan fingerprint density at radius 1 is 1.53 bits per heavy atom. The smallest absolute Gasteiger partial charge is 0.0826 e. The number of aryl methyl sites for hydroxylation is 1. The summed E-state index contributed by atoms with van der Waals surface area (Å²) in [7, 11) is 0. The Balaban J connectivity index is 2.33. The number of hydrogen-bond donors (Lipinski definition) is 1. The summed E-state index contributed by atoms with van der Waals surface area (Å²) in [5.41, 5.74) is 8.53. The zero-order chi connectivity index (χ0) is 11.0. The quantitative estimate of drug-likeness (QED) is 0.922. The van der Waals surface area contributed by atoms with E-state index in [2.05, 4.69) is 25.4 Å². The van der Waals surface area contributed by atoms with Crippen molar-refractivity contribution in [1.82, 2.24) is 14.2 Å². The first-order valence-corrected chi connectivity index (χ1v) is 6.04. The Bertz CT molecular complexity index is 488. The highest BCUT2D eigenvalue weighted by Crippen LogP contribution is 2.23. The van der Waals surface area contributed by atoms with Gasteiger partial charge < -0.3 is 5.73 Å². The molecule has 0 aliphatic rings. The molecule has 2 N–H and O–H groups in total. The molecule has 0 amide bonds. The van der Waals surface area contributed by atoms with Gasteiger partial charge in [0.15, 0.2) is 0 Å². The molecule has 0 saturated heterocycles. The Kier molecular flexibility index (Phi) is 2.79. The van der Waals surface area contributed by atoms with Crippen molar-refractivity contribution in [1.29, 1.82) is 0 Å². The van der Waals surface area contributed by atoms with Gasteiger partial charge in [-0.3, -0.25) is 4.68 Å². The van der Waals surface area contributed by atoms with Gasteiger partial charge in [0, 0.05) is 0 Å². The maximum absolute atomic E-state index is 5.86. The molecule has 0 unspecified atom stereocenters. The first-order chi connectivity index (χ1) is 7.09. The molecule has 0 radical (unpaired) electrons. The van der Waals surface area contributed by atoms with E-state index in [9.17, 15) is 0 Å². The second-order valence-corrected chi connectivity index (χ2v) is 5.08. The third kappa shape index (κ3) is 1.91. The molecule has 6 heteroatoms. The molecular formula is C9H11BrN4S. The highest BCUT2D eigenvalue weighted by Gasteiger charge is 2.10. The van der Waals surface area contributed by atoms with Crippen LogP contribution in [0.15, 0.2) is 10.7 Å². The van der Waals surface area contributed by atoms with Crippen molar-refractivity contribution in [2.75, 3.05) is 5.73 Å². The van der Waals surface area contributed by atoms with Gasteiger partial charge in [0.25, 0.3) is 0 Å². The van der Waals surface area contributed by atoms with Gasteiger partial charge in [-0.1, -0.05) is 0 Å². The van der Waals surface area contributed by atoms with Crippen molar-refractivity contribution < 1.29 is 0 Å². The number of nitrogens with two attached hydrogens (primary N) is 1. The van der Waals surface area contributed by atoms with Gasteiger partial charge in [-0.2, -0.15) is 9.47 Å². The van der Waals surface area contributed by atoms with E-state index < -0.39 is 0 Å². The molecule has 0 atom stereocenters. The summed E-state index contributed by atoms with van der Waals surface area (Å²) in [6.45, 7) is 4.61. The van der Waals surface area contributed by atoms with Crippen molar-refractivity contribution >= 4 is 33.1 Å². The van der Waals surface area contributed by atoms with Crippen LogP contribution in [-0.2, 0) is 6.54 Å². The highest BCUT2D eigenvalue weighted by atomic mass is 79.9. The number of nitrogen functional groups attached to an aromatic ring is 1. The lowest BCUT2D eigenvalue weighted by Crippen LogP contribution is -2.03. The number of anilines is 1. The SMILES string of the molecule is Cc1nn(Cc2sncc2Br)c(C)c1N. The van der Waals surface area contributed by atoms with Crippen molar-refractivity contribution in [3.05, 3.63) is 26.9 Å². The molecule has 0 aliphatic carbocycles. The third-order valence-electron chi connectivity index (χ3n) is 2.33. The summed E-state index contributed by atoms with van der Waals surface area (Å²) in [5, 5.41) is 4.38. The van der Waals surface area contributed by atoms with Crippen LogP contribution < -0.4 is 5.73 Å². The second kappa shape index (κ2) is 3.94. The monoisotopic (exact) mass is 286 g/mol. The van der Waals surface area contributed by atoms with E-state index in [4.69, 9.17) is 5.73 Å². The summed E-state index contributed by atoms with van der Waals surface area (Å²) in [6.07, 6.45) is 1.80. The number of hydrogen-bond acceptors (Lipinski definition) is 4. The van der Waals surface area contributed by atoms with Gasteiger partial charge in [-0.05, 0) is 41.3 Å². The molecule has 0 bridgehead atoms. The third-order valence-corrected chi connectivity index (χ3v) is 4.05. The fraction of sp³-hybridized carbons (Fsp3) is 0.333. The van der Waals surface area contributed by atoms with Crippen LogP contribution in [0.3, 0.4) is 0 Å². The zero-order valence-electron chi connectivity index (χ0n) is 8.49. The zero-order valence-corrected chi connectivity index (χ0v) is 10.9. The molecule has 4 nitrogen and oxygen atoms in total. The van der Waals surface area contributed by atoms with Gasteiger partial charge in [-0.25, -0.2) is 0 Å². The van der Waals surface area contributed by atoms with Crippen LogP contribution in [0.25, 0.3) is 0 Å². The molecule has 0 aromatic carbocycles. The van der Waals surface area contributed by atoms with Crippen LogP contribution in [0.1, 0.15) is 16.3 Å². The summed E-state index contributed by atoms with van der Waals surface area (Å²) < 4.78 is 7.03. The number of rotatable bonds is 2. The van der Waals surface area contributed by atoms with Crippen molar-refractivity contribution in [3.8, 4) is 0 Å². The molecule has 15 heavy (non-hydrogen) atoms. The van der Waals surface area contributed by atoms with Gasteiger partial charge in [0.05, 0.1) is 39.2 Å². The summed E-state index contributed by atoms with van der Waals surface area (Å²) >= 11 is 4.92. The lowest BCUT2D eigenvalue weighted by atomic mass is 10.3. The molecule has 0 aliphatic heterocycles. The Morgan fingerprint density at radius 3 is 2.73 bits per heavy atom. The van der Waals surface area contributed by atoms with E-state index in [0.717, 1.165) is 33.0 Å². The average Bonchev–Trinajstić information content (AvgIpc) is 2.69. The minimum absolute atomic E-state index is 0.717. The number of halogens is 1. The van der Waals surface area contributed by atoms with E-state index >= 15 is 0 Å². The van der Waals surface area contributed by atoms with Crippen LogP contribution in [0, 0.1) is 13.8 Å². The minimum Gasteiger partial charge on any atom is -0.396 e. The Hall–Kier alpha value is -0.880. The first-order valence-electron chi connectivity index (χ1n) is 4.48. The normalized spacial score (nSPS) is 10.9. The maximum Gasteiger partial charge on any atom is 0.0826 e. The van der Waals surface area contributed by atoms with Crippen LogP contribution in [0.4, 0.5) is 5.69 Å². The van der Waals surface area contributed by atoms with Crippen LogP contribution >= 0.6 is 27.5 Å². The van der Waals surface area contributed by atoms with Crippen molar-refractivity contribution in [2.45, 2.75) is 20.4 Å². The van der Waals surface area contributed by atoms with E-state index in [1.165, 1.54) is 11.5 Å². The van der Waals surface area contributed by atoms with E-state index in [-0.39, 0.29) is 0 Å². The van der Waals surface area contributed by atoms with Crippen molar-refractivity contribution in [3.63, 3.8) is 0 Å². The molecule has 80 valence electrons. The van der Waals surface area contributed by atoms with E-state index in [1.807, 2.05) is 18.5 Å². The summed E-state index contributed by atoms with van der Waals surface area (Å²) in [6, 6.07) is 0. The van der Waals surface area contributed by atoms with Crippen molar-refractivity contribution in [2.24, 2.45) is 0 Å². The highest BCUT2D eigenvalue weighted by molar-refractivity contribution is 9.10. The topological polar surface area (TPSA) is 56.7 Å². The maximum atomic E-state index is 5.86. The lowest BCUT2D eigenvalue weighted by molar-refractivity contribution is 0.665. The van der Waals surface area contributed by atoms with Crippen LogP contribution in [-0.4, -0.2) is 14.2 Å².